The molecule has 0 bridgehead atoms. The SMILES string of the molecule is CCn1c(=O)c(C(=O)O)c(N2CCN(C)CC2)c2cccnc21. The number of hydrogen-bond acceptors (Lipinski definition) is 5. The molecule has 3 heterocycles. The number of carboxylic acids is 1. The van der Waals surface area contributed by atoms with E-state index in [1.54, 1.807) is 12.3 Å². The lowest BCUT2D eigenvalue weighted by atomic mass is 10.1. The van der Waals surface area contributed by atoms with Crippen molar-refractivity contribution in [1.29, 1.82) is 0 Å². The predicted molar refractivity (Wildman–Crippen MR) is 88.3 cm³/mol. The minimum atomic E-state index is -1.18. The average molecular weight is 316 g/mol. The van der Waals surface area contributed by atoms with Gasteiger partial charge in [0.15, 0.2) is 0 Å². The van der Waals surface area contributed by atoms with Crippen LogP contribution in [0.25, 0.3) is 11.0 Å². The largest absolute Gasteiger partial charge is 0.477 e. The van der Waals surface area contributed by atoms with Crippen LogP contribution in [0, 0.1) is 0 Å². The third-order valence-electron chi connectivity index (χ3n) is 4.34. The average Bonchev–Trinajstić information content (AvgIpc) is 2.54. The van der Waals surface area contributed by atoms with Gasteiger partial charge in [-0.1, -0.05) is 0 Å². The van der Waals surface area contributed by atoms with E-state index < -0.39 is 11.5 Å². The molecule has 122 valence electrons. The standard InChI is InChI=1S/C16H20N4O3/c1-3-20-14-11(5-4-6-17-14)13(12(15(20)21)16(22)23)19-9-7-18(2)8-10-19/h4-6H,3,7-10H2,1-2H3,(H,22,23). The van der Waals surface area contributed by atoms with Crippen molar-refractivity contribution in [1.82, 2.24) is 14.5 Å². The summed E-state index contributed by atoms with van der Waals surface area (Å²) >= 11 is 0. The van der Waals surface area contributed by atoms with Crippen LogP contribution in [0.2, 0.25) is 0 Å². The summed E-state index contributed by atoms with van der Waals surface area (Å²) < 4.78 is 1.43. The van der Waals surface area contributed by atoms with E-state index in [0.29, 0.717) is 31.0 Å². The Morgan fingerprint density at radius 2 is 2.00 bits per heavy atom. The number of likely N-dealkylation sites (N-methyl/N-ethyl adjacent to an activating group) is 1. The molecule has 2 aromatic rings. The first-order chi connectivity index (χ1) is 11.0. The Bertz CT molecular complexity index is 807. The van der Waals surface area contributed by atoms with Gasteiger partial charge in [0, 0.05) is 44.3 Å². The number of anilines is 1. The molecule has 0 amide bonds. The van der Waals surface area contributed by atoms with Crippen molar-refractivity contribution in [2.75, 3.05) is 38.1 Å². The second-order valence-electron chi connectivity index (χ2n) is 5.74. The summed E-state index contributed by atoms with van der Waals surface area (Å²) in [4.78, 5) is 33.0. The summed E-state index contributed by atoms with van der Waals surface area (Å²) in [5.74, 6) is -1.18. The fraction of sp³-hybridized carbons (Fsp3) is 0.438. The van der Waals surface area contributed by atoms with E-state index in [1.165, 1.54) is 4.57 Å². The van der Waals surface area contributed by atoms with Gasteiger partial charge in [-0.3, -0.25) is 9.36 Å². The Labute approximate surface area is 133 Å². The van der Waals surface area contributed by atoms with Gasteiger partial charge < -0.3 is 14.9 Å². The molecule has 0 aliphatic carbocycles. The number of aromatic nitrogens is 2. The molecule has 0 aromatic carbocycles. The molecule has 2 aromatic heterocycles. The van der Waals surface area contributed by atoms with Crippen LogP contribution < -0.4 is 10.5 Å². The highest BCUT2D eigenvalue weighted by atomic mass is 16.4. The normalized spacial score (nSPS) is 16.0. The summed E-state index contributed by atoms with van der Waals surface area (Å²) in [6, 6.07) is 3.62. The lowest BCUT2D eigenvalue weighted by molar-refractivity contribution is 0.0695. The number of rotatable bonds is 3. The van der Waals surface area contributed by atoms with Crippen molar-refractivity contribution < 1.29 is 9.90 Å². The van der Waals surface area contributed by atoms with Gasteiger partial charge in [0.25, 0.3) is 5.56 Å². The molecular weight excluding hydrogens is 296 g/mol. The Morgan fingerprint density at radius 3 is 2.61 bits per heavy atom. The molecule has 1 aliphatic rings. The number of fused-ring (bicyclic) bond motifs is 1. The van der Waals surface area contributed by atoms with Crippen LogP contribution in [-0.2, 0) is 6.54 Å². The number of pyridine rings is 2. The number of hydrogen-bond donors (Lipinski definition) is 1. The molecule has 1 fully saturated rings. The van der Waals surface area contributed by atoms with Crippen LogP contribution >= 0.6 is 0 Å². The molecule has 0 atom stereocenters. The van der Waals surface area contributed by atoms with Crippen molar-refractivity contribution in [3.63, 3.8) is 0 Å². The van der Waals surface area contributed by atoms with Crippen molar-refractivity contribution in [2.45, 2.75) is 13.5 Å². The molecule has 23 heavy (non-hydrogen) atoms. The number of carbonyl (C=O) groups is 1. The van der Waals surface area contributed by atoms with Crippen molar-refractivity contribution in [3.8, 4) is 0 Å². The molecule has 3 rings (SSSR count). The second kappa shape index (κ2) is 6.00. The van der Waals surface area contributed by atoms with E-state index in [0.717, 1.165) is 18.5 Å². The van der Waals surface area contributed by atoms with E-state index in [1.807, 2.05) is 24.9 Å². The Hall–Kier alpha value is -2.41. The van der Waals surface area contributed by atoms with Crippen LogP contribution in [-0.4, -0.2) is 58.8 Å². The molecule has 1 N–H and O–H groups in total. The maximum absolute atomic E-state index is 12.7. The molecule has 1 aliphatic heterocycles. The predicted octanol–water partition coefficient (Wildman–Crippen LogP) is 0.866. The third kappa shape index (κ3) is 2.57. The van der Waals surface area contributed by atoms with Crippen molar-refractivity contribution in [2.24, 2.45) is 0 Å². The van der Waals surface area contributed by atoms with E-state index in [9.17, 15) is 14.7 Å². The summed E-state index contributed by atoms with van der Waals surface area (Å²) in [6.45, 7) is 5.24. The lowest BCUT2D eigenvalue weighted by Crippen LogP contribution is -2.46. The van der Waals surface area contributed by atoms with Gasteiger partial charge in [0.1, 0.15) is 11.2 Å². The zero-order valence-corrected chi connectivity index (χ0v) is 13.3. The zero-order chi connectivity index (χ0) is 16.6. The molecule has 7 nitrogen and oxygen atoms in total. The lowest BCUT2D eigenvalue weighted by Gasteiger charge is -2.35. The topological polar surface area (TPSA) is 78.7 Å². The summed E-state index contributed by atoms with van der Waals surface area (Å²) in [5, 5.41) is 10.4. The highest BCUT2D eigenvalue weighted by Crippen LogP contribution is 2.28. The summed E-state index contributed by atoms with van der Waals surface area (Å²) in [7, 11) is 2.03. The van der Waals surface area contributed by atoms with E-state index >= 15 is 0 Å². The Balaban J connectivity index is 2.32. The second-order valence-corrected chi connectivity index (χ2v) is 5.74. The first-order valence-electron chi connectivity index (χ1n) is 7.73. The molecule has 0 radical (unpaired) electrons. The fourth-order valence-electron chi connectivity index (χ4n) is 3.11. The minimum absolute atomic E-state index is 0.156. The molecule has 0 saturated carbocycles. The summed E-state index contributed by atoms with van der Waals surface area (Å²) in [5.41, 5.74) is 0.402. The quantitative estimate of drug-likeness (QED) is 0.905. The van der Waals surface area contributed by atoms with Crippen molar-refractivity contribution >= 4 is 22.7 Å². The number of piperazine rings is 1. The highest BCUT2D eigenvalue weighted by Gasteiger charge is 2.27. The molecular formula is C16H20N4O3. The summed E-state index contributed by atoms with van der Waals surface area (Å²) in [6.07, 6.45) is 1.63. The first-order valence-corrected chi connectivity index (χ1v) is 7.73. The van der Waals surface area contributed by atoms with E-state index in [2.05, 4.69) is 9.88 Å². The van der Waals surface area contributed by atoms with Crippen LogP contribution in [0.5, 0.6) is 0 Å². The smallest absolute Gasteiger partial charge is 0.343 e. The van der Waals surface area contributed by atoms with Gasteiger partial charge in [-0.05, 0) is 26.1 Å². The number of aromatic carboxylic acids is 1. The molecule has 7 heteroatoms. The zero-order valence-electron chi connectivity index (χ0n) is 13.3. The Kier molecular flexibility index (Phi) is 4.04. The minimum Gasteiger partial charge on any atom is -0.477 e. The number of carboxylic acid groups (broad SMARTS) is 1. The van der Waals surface area contributed by atoms with Gasteiger partial charge in [0.05, 0.1) is 5.69 Å². The number of nitrogens with zero attached hydrogens (tertiary/aromatic N) is 4. The van der Waals surface area contributed by atoms with Crippen LogP contribution in [0.15, 0.2) is 23.1 Å². The van der Waals surface area contributed by atoms with Crippen LogP contribution in [0.3, 0.4) is 0 Å². The molecule has 0 spiro atoms. The van der Waals surface area contributed by atoms with Gasteiger partial charge >= 0.3 is 5.97 Å². The maximum atomic E-state index is 12.7. The van der Waals surface area contributed by atoms with Gasteiger partial charge in [0.2, 0.25) is 0 Å². The fourth-order valence-corrected chi connectivity index (χ4v) is 3.11. The molecule has 0 unspecified atom stereocenters. The van der Waals surface area contributed by atoms with Gasteiger partial charge in [-0.2, -0.15) is 0 Å². The first kappa shape index (κ1) is 15.5. The van der Waals surface area contributed by atoms with Crippen molar-refractivity contribution in [3.05, 3.63) is 34.2 Å². The Morgan fingerprint density at radius 1 is 1.30 bits per heavy atom. The highest BCUT2D eigenvalue weighted by molar-refractivity contribution is 6.03. The van der Waals surface area contributed by atoms with Crippen LogP contribution in [0.1, 0.15) is 17.3 Å². The van der Waals surface area contributed by atoms with E-state index in [4.69, 9.17) is 0 Å². The third-order valence-corrected chi connectivity index (χ3v) is 4.34. The monoisotopic (exact) mass is 316 g/mol. The molecule has 1 saturated heterocycles. The van der Waals surface area contributed by atoms with Gasteiger partial charge in [-0.15, -0.1) is 0 Å². The van der Waals surface area contributed by atoms with E-state index in [-0.39, 0.29) is 5.56 Å². The van der Waals surface area contributed by atoms with Gasteiger partial charge in [-0.25, -0.2) is 9.78 Å². The number of aryl methyl sites for hydroxylation is 1. The maximum Gasteiger partial charge on any atom is 0.343 e. The van der Waals surface area contributed by atoms with Crippen LogP contribution in [0.4, 0.5) is 5.69 Å².